The number of carbonyl (C=O) groups excluding carboxylic acids is 2. The van der Waals surface area contributed by atoms with Gasteiger partial charge in [-0.2, -0.15) is 0 Å². The molecule has 8 heteroatoms. The Kier molecular flexibility index (Phi) is 8.52. The number of hydrogen-bond acceptors (Lipinski definition) is 5. The zero-order valence-corrected chi connectivity index (χ0v) is 23.9. The van der Waals surface area contributed by atoms with Crippen LogP contribution >= 0.6 is 12.4 Å². The van der Waals surface area contributed by atoms with Gasteiger partial charge < -0.3 is 23.9 Å². The fourth-order valence-electron chi connectivity index (χ4n) is 6.81. The number of nitrogens with zero attached hydrogens (tertiary/aromatic N) is 3. The summed E-state index contributed by atoms with van der Waals surface area (Å²) in [5, 5.41) is 0. The minimum absolute atomic E-state index is 0. The van der Waals surface area contributed by atoms with E-state index in [1.807, 2.05) is 40.1 Å². The number of hydrogen-bond donors (Lipinski definition) is 0. The lowest BCUT2D eigenvalue weighted by atomic mass is 9.76. The van der Waals surface area contributed by atoms with Crippen LogP contribution in [0.15, 0.2) is 77.4 Å². The average Bonchev–Trinajstić information content (AvgIpc) is 3.73. The molecule has 0 saturated carbocycles. The molecule has 0 aliphatic carbocycles. The monoisotopic (exact) mass is 563 g/mol. The van der Waals surface area contributed by atoms with Crippen molar-refractivity contribution in [3.63, 3.8) is 0 Å². The van der Waals surface area contributed by atoms with Crippen LogP contribution in [0.2, 0.25) is 0 Å². The number of amides is 2. The lowest BCUT2D eigenvalue weighted by molar-refractivity contribution is -0.139. The third kappa shape index (κ3) is 5.63. The van der Waals surface area contributed by atoms with Crippen molar-refractivity contribution in [1.82, 2.24) is 14.7 Å². The maximum absolute atomic E-state index is 13.6. The Bertz CT molecular complexity index is 1270. The van der Waals surface area contributed by atoms with Gasteiger partial charge in [-0.05, 0) is 73.7 Å². The van der Waals surface area contributed by atoms with Crippen molar-refractivity contribution < 1.29 is 18.7 Å². The molecule has 3 saturated heterocycles. The Morgan fingerprint density at radius 3 is 2.35 bits per heavy atom. The van der Waals surface area contributed by atoms with E-state index < -0.39 is 0 Å². The average molecular weight is 564 g/mol. The fraction of sp³-hybridized carbons (Fsp3) is 0.438. The number of methoxy groups -OCH3 is 1. The zero-order valence-electron chi connectivity index (χ0n) is 23.0. The lowest BCUT2D eigenvalue weighted by Gasteiger charge is -2.39. The first-order chi connectivity index (χ1) is 19.0. The molecule has 3 aliphatic heterocycles. The first-order valence-corrected chi connectivity index (χ1v) is 14.1. The van der Waals surface area contributed by atoms with Crippen LogP contribution in [0.3, 0.4) is 0 Å². The first-order valence-electron chi connectivity index (χ1n) is 14.1. The van der Waals surface area contributed by atoms with Crippen molar-refractivity contribution in [3.8, 4) is 5.75 Å². The minimum atomic E-state index is -0.223. The van der Waals surface area contributed by atoms with Crippen LogP contribution in [0.25, 0.3) is 0 Å². The predicted molar refractivity (Wildman–Crippen MR) is 156 cm³/mol. The number of benzene rings is 2. The second-order valence-corrected chi connectivity index (χ2v) is 11.4. The van der Waals surface area contributed by atoms with Crippen LogP contribution in [-0.2, 0) is 11.3 Å². The van der Waals surface area contributed by atoms with Gasteiger partial charge in [0.1, 0.15) is 5.75 Å². The molecule has 2 aromatic carbocycles. The topological polar surface area (TPSA) is 66.2 Å². The Morgan fingerprint density at radius 2 is 1.68 bits per heavy atom. The second-order valence-electron chi connectivity index (χ2n) is 11.4. The van der Waals surface area contributed by atoms with E-state index in [9.17, 15) is 9.59 Å². The van der Waals surface area contributed by atoms with Crippen LogP contribution < -0.4 is 4.74 Å². The van der Waals surface area contributed by atoms with Gasteiger partial charge in [-0.3, -0.25) is 9.59 Å². The normalized spacial score (nSPS) is 22.5. The summed E-state index contributed by atoms with van der Waals surface area (Å²) >= 11 is 0. The molecule has 2 atom stereocenters. The van der Waals surface area contributed by atoms with Crippen LogP contribution in [0.5, 0.6) is 5.75 Å². The summed E-state index contributed by atoms with van der Waals surface area (Å²) < 4.78 is 10.7. The second kappa shape index (κ2) is 12.1. The highest BCUT2D eigenvalue weighted by molar-refractivity contribution is 5.91. The number of piperidine rings is 1. The molecule has 0 radical (unpaired) electrons. The standard InChI is InChI=1S/C32H37N3O4.ClH/c1-38-27-11-9-24(10-12-27)20-34-18-15-32(31(34)37)13-16-33(17-14-32)21-26-22-35(30(36)29-8-5-19-39-29)23-28(26)25-6-3-2-4-7-25;/h2-12,19,26,28H,13-18,20-23H2,1H3;1H/t26-,28+;/m0./s1. The highest BCUT2D eigenvalue weighted by Crippen LogP contribution is 2.43. The largest absolute Gasteiger partial charge is 0.497 e. The van der Waals surface area contributed by atoms with E-state index in [-0.39, 0.29) is 29.6 Å². The predicted octanol–water partition coefficient (Wildman–Crippen LogP) is 5.08. The Labute approximate surface area is 242 Å². The molecule has 0 bridgehead atoms. The molecule has 3 fully saturated rings. The van der Waals surface area contributed by atoms with Crippen LogP contribution in [0.4, 0.5) is 0 Å². The fourth-order valence-corrected chi connectivity index (χ4v) is 6.81. The van der Waals surface area contributed by atoms with Crippen LogP contribution in [-0.4, -0.2) is 72.9 Å². The number of rotatable bonds is 7. The van der Waals surface area contributed by atoms with E-state index >= 15 is 0 Å². The van der Waals surface area contributed by atoms with E-state index in [2.05, 4.69) is 29.2 Å². The van der Waals surface area contributed by atoms with Crippen molar-refractivity contribution >= 4 is 24.2 Å². The van der Waals surface area contributed by atoms with Gasteiger partial charge in [0, 0.05) is 38.6 Å². The Morgan fingerprint density at radius 1 is 0.950 bits per heavy atom. The van der Waals surface area contributed by atoms with Crippen LogP contribution in [0, 0.1) is 11.3 Å². The van der Waals surface area contributed by atoms with Crippen molar-refractivity contribution in [2.45, 2.75) is 31.7 Å². The van der Waals surface area contributed by atoms with Crippen LogP contribution in [0.1, 0.15) is 46.9 Å². The maximum Gasteiger partial charge on any atom is 0.289 e. The molecule has 0 N–H and O–H groups in total. The molecular formula is C32H38ClN3O4. The van der Waals surface area contributed by atoms with Crippen molar-refractivity contribution in [2.75, 3.05) is 46.4 Å². The molecule has 0 unspecified atom stereocenters. The molecular weight excluding hydrogens is 526 g/mol. The van der Waals surface area contributed by atoms with E-state index in [1.165, 1.54) is 5.56 Å². The number of likely N-dealkylation sites (tertiary alicyclic amines) is 3. The molecule has 6 rings (SSSR count). The third-order valence-corrected chi connectivity index (χ3v) is 9.13. The van der Waals surface area contributed by atoms with Gasteiger partial charge in [-0.25, -0.2) is 0 Å². The van der Waals surface area contributed by atoms with Gasteiger partial charge in [0.25, 0.3) is 5.91 Å². The van der Waals surface area contributed by atoms with Gasteiger partial charge in [-0.15, -0.1) is 12.4 Å². The van der Waals surface area contributed by atoms with Gasteiger partial charge in [-0.1, -0.05) is 42.5 Å². The maximum atomic E-state index is 13.6. The molecule has 3 aliphatic rings. The van der Waals surface area contributed by atoms with E-state index in [0.717, 1.165) is 63.3 Å². The third-order valence-electron chi connectivity index (χ3n) is 9.13. The molecule has 1 spiro atoms. The van der Waals surface area contributed by atoms with E-state index in [0.29, 0.717) is 30.7 Å². The van der Waals surface area contributed by atoms with Gasteiger partial charge in [0.2, 0.25) is 5.91 Å². The summed E-state index contributed by atoms with van der Waals surface area (Å²) in [7, 11) is 1.67. The summed E-state index contributed by atoms with van der Waals surface area (Å²) in [6.45, 7) is 5.68. The van der Waals surface area contributed by atoms with Crippen molar-refractivity contribution in [1.29, 1.82) is 0 Å². The molecule has 40 heavy (non-hydrogen) atoms. The summed E-state index contributed by atoms with van der Waals surface area (Å²) in [4.78, 5) is 33.2. The zero-order chi connectivity index (χ0) is 26.8. The van der Waals surface area contributed by atoms with E-state index in [4.69, 9.17) is 9.15 Å². The minimum Gasteiger partial charge on any atom is -0.497 e. The van der Waals surface area contributed by atoms with Gasteiger partial charge >= 0.3 is 0 Å². The number of halogens is 1. The molecule has 4 heterocycles. The quantitative estimate of drug-likeness (QED) is 0.401. The van der Waals surface area contributed by atoms with Crippen molar-refractivity contribution in [2.24, 2.45) is 11.3 Å². The number of carbonyl (C=O) groups is 2. The SMILES string of the molecule is COc1ccc(CN2CCC3(CCN(C[C@H]4CN(C(=O)c5ccco5)C[C@@H]4c4ccccc4)CC3)C2=O)cc1.Cl. The molecule has 1 aromatic heterocycles. The molecule has 212 valence electrons. The summed E-state index contributed by atoms with van der Waals surface area (Å²) in [5.41, 5.74) is 2.20. The van der Waals surface area contributed by atoms with E-state index in [1.54, 1.807) is 25.5 Å². The van der Waals surface area contributed by atoms with Gasteiger partial charge in [0.15, 0.2) is 5.76 Å². The smallest absolute Gasteiger partial charge is 0.289 e. The summed E-state index contributed by atoms with van der Waals surface area (Å²) in [5.74, 6) is 2.15. The molecule has 7 nitrogen and oxygen atoms in total. The number of ether oxygens (including phenoxy) is 1. The Balaban J connectivity index is 0.00000323. The summed E-state index contributed by atoms with van der Waals surface area (Å²) in [6.07, 6.45) is 4.31. The first kappa shape index (κ1) is 28.2. The number of furan rings is 1. The van der Waals surface area contributed by atoms with Gasteiger partial charge in [0.05, 0.1) is 18.8 Å². The molecule has 3 aromatic rings. The summed E-state index contributed by atoms with van der Waals surface area (Å²) in [6, 6.07) is 22.1. The molecule has 2 amide bonds. The lowest BCUT2D eigenvalue weighted by Crippen LogP contribution is -2.46. The van der Waals surface area contributed by atoms with Crippen molar-refractivity contribution in [3.05, 3.63) is 89.9 Å². The highest BCUT2D eigenvalue weighted by atomic mass is 35.5. The highest BCUT2D eigenvalue weighted by Gasteiger charge is 2.48. The Hall–Kier alpha value is -3.29.